The molecule has 1 heterocycles. The lowest BCUT2D eigenvalue weighted by Crippen LogP contribution is -1.98. The number of para-hydroxylation sites is 1. The smallest absolute Gasteiger partial charge is 0.371 e. The van der Waals surface area contributed by atoms with Gasteiger partial charge in [0.1, 0.15) is 12.4 Å². The van der Waals surface area contributed by atoms with Crippen LogP contribution in [0, 0.1) is 12.7 Å². The zero-order valence-corrected chi connectivity index (χ0v) is 10.7. The normalized spacial score (nSPS) is 10.5. The third-order valence-electron chi connectivity index (χ3n) is 2.52. The maximum atomic E-state index is 13.5. The third-order valence-corrected chi connectivity index (χ3v) is 2.82. The fraction of sp³-hybridized carbons (Fsp3) is 0.154. The second-order valence-corrected chi connectivity index (χ2v) is 4.24. The van der Waals surface area contributed by atoms with Crippen LogP contribution < -0.4 is 4.74 Å². The number of carbonyl (C=O) groups is 1. The van der Waals surface area contributed by atoms with E-state index in [1.54, 1.807) is 6.92 Å². The number of carboxylic acid groups (broad SMARTS) is 1. The monoisotopic (exact) mass is 284 g/mol. The SMILES string of the molecule is Cc1oc(C(=O)O)cc1COc1c(F)cccc1Cl. The highest BCUT2D eigenvalue weighted by Crippen LogP contribution is 2.28. The van der Waals surface area contributed by atoms with Gasteiger partial charge in [-0.2, -0.15) is 0 Å². The quantitative estimate of drug-likeness (QED) is 0.931. The molecule has 0 aliphatic rings. The first kappa shape index (κ1) is 13.4. The summed E-state index contributed by atoms with van der Waals surface area (Å²) >= 11 is 5.81. The number of halogens is 2. The molecule has 1 aromatic carbocycles. The Morgan fingerprint density at radius 1 is 1.53 bits per heavy atom. The standard InChI is InChI=1S/C13H10ClFO4/c1-7-8(5-11(19-7)13(16)17)6-18-12-9(14)3-2-4-10(12)15/h2-5H,6H2,1H3,(H,16,17). The number of furan rings is 1. The van der Waals surface area contributed by atoms with Gasteiger partial charge in [0.2, 0.25) is 5.76 Å². The Kier molecular flexibility index (Phi) is 3.76. The summed E-state index contributed by atoms with van der Waals surface area (Å²) in [7, 11) is 0. The minimum atomic E-state index is -1.17. The molecule has 0 unspecified atom stereocenters. The molecule has 0 radical (unpaired) electrons. The van der Waals surface area contributed by atoms with E-state index in [9.17, 15) is 9.18 Å². The number of aromatic carboxylic acids is 1. The molecular formula is C13H10ClFO4. The van der Waals surface area contributed by atoms with E-state index in [0.717, 1.165) is 0 Å². The van der Waals surface area contributed by atoms with E-state index in [1.165, 1.54) is 24.3 Å². The lowest BCUT2D eigenvalue weighted by Gasteiger charge is -2.07. The summed E-state index contributed by atoms with van der Waals surface area (Å²) in [5, 5.41) is 8.93. The van der Waals surface area contributed by atoms with Gasteiger partial charge in [0.15, 0.2) is 11.6 Å². The van der Waals surface area contributed by atoms with Gasteiger partial charge >= 0.3 is 5.97 Å². The maximum Gasteiger partial charge on any atom is 0.371 e. The molecule has 1 aromatic heterocycles. The molecule has 0 saturated heterocycles. The third kappa shape index (κ3) is 2.88. The molecule has 0 amide bonds. The van der Waals surface area contributed by atoms with Gasteiger partial charge in [-0.25, -0.2) is 9.18 Å². The Morgan fingerprint density at radius 2 is 2.26 bits per heavy atom. The molecule has 2 rings (SSSR count). The van der Waals surface area contributed by atoms with Gasteiger partial charge in [-0.3, -0.25) is 0 Å². The first-order chi connectivity index (χ1) is 8.99. The van der Waals surface area contributed by atoms with Crippen LogP contribution >= 0.6 is 11.6 Å². The van der Waals surface area contributed by atoms with Crippen molar-refractivity contribution >= 4 is 17.6 Å². The van der Waals surface area contributed by atoms with E-state index in [-0.39, 0.29) is 23.1 Å². The zero-order chi connectivity index (χ0) is 14.0. The highest BCUT2D eigenvalue weighted by Gasteiger charge is 2.15. The van der Waals surface area contributed by atoms with Crippen molar-refractivity contribution in [2.75, 3.05) is 0 Å². The van der Waals surface area contributed by atoms with Gasteiger partial charge in [-0.15, -0.1) is 0 Å². The molecule has 1 N–H and O–H groups in total. The Morgan fingerprint density at radius 3 is 2.84 bits per heavy atom. The molecule has 0 aliphatic heterocycles. The summed E-state index contributed by atoms with van der Waals surface area (Å²) in [6, 6.07) is 5.54. The summed E-state index contributed by atoms with van der Waals surface area (Å²) in [6.45, 7) is 1.58. The van der Waals surface area contributed by atoms with Crippen molar-refractivity contribution in [3.8, 4) is 5.75 Å². The molecule has 0 spiro atoms. The van der Waals surface area contributed by atoms with Crippen LogP contribution in [-0.4, -0.2) is 11.1 Å². The number of hydrogen-bond donors (Lipinski definition) is 1. The summed E-state index contributed by atoms with van der Waals surface area (Å²) in [5.74, 6) is -1.59. The highest BCUT2D eigenvalue weighted by molar-refractivity contribution is 6.32. The van der Waals surface area contributed by atoms with Crippen LogP contribution in [0.2, 0.25) is 5.02 Å². The number of rotatable bonds is 4. The summed E-state index contributed by atoms with van der Waals surface area (Å²) < 4.78 is 23.7. The molecule has 4 nitrogen and oxygen atoms in total. The number of ether oxygens (including phenoxy) is 1. The number of benzene rings is 1. The van der Waals surface area contributed by atoms with Crippen molar-refractivity contribution in [3.05, 3.63) is 52.2 Å². The van der Waals surface area contributed by atoms with Crippen LogP contribution in [-0.2, 0) is 6.61 Å². The molecule has 6 heteroatoms. The van der Waals surface area contributed by atoms with Crippen molar-refractivity contribution in [1.82, 2.24) is 0 Å². The summed E-state index contributed by atoms with van der Waals surface area (Å²) in [5.41, 5.74) is 0.525. The molecule has 0 fully saturated rings. The van der Waals surface area contributed by atoms with Crippen LogP contribution in [0.25, 0.3) is 0 Å². The zero-order valence-electron chi connectivity index (χ0n) is 9.94. The topological polar surface area (TPSA) is 59.7 Å². The molecule has 0 aliphatic carbocycles. The minimum Gasteiger partial charge on any atom is -0.484 e. The fourth-order valence-corrected chi connectivity index (χ4v) is 1.76. The Balaban J connectivity index is 2.17. The molecule has 2 aromatic rings. The van der Waals surface area contributed by atoms with E-state index in [1.807, 2.05) is 0 Å². The second kappa shape index (κ2) is 5.32. The van der Waals surface area contributed by atoms with E-state index >= 15 is 0 Å². The summed E-state index contributed by atoms with van der Waals surface area (Å²) in [4.78, 5) is 10.7. The fourth-order valence-electron chi connectivity index (χ4n) is 1.54. The van der Waals surface area contributed by atoms with Crippen molar-refractivity contribution in [2.24, 2.45) is 0 Å². The van der Waals surface area contributed by atoms with E-state index in [4.69, 9.17) is 25.9 Å². The van der Waals surface area contributed by atoms with Crippen molar-refractivity contribution < 1.29 is 23.4 Å². The first-order valence-corrected chi connectivity index (χ1v) is 5.76. The van der Waals surface area contributed by atoms with Gasteiger partial charge in [0.25, 0.3) is 0 Å². The van der Waals surface area contributed by atoms with Crippen LogP contribution in [0.15, 0.2) is 28.7 Å². The largest absolute Gasteiger partial charge is 0.484 e. The molecular weight excluding hydrogens is 275 g/mol. The molecule has 0 saturated carbocycles. The minimum absolute atomic E-state index is 0.0245. The van der Waals surface area contributed by atoms with E-state index in [2.05, 4.69) is 0 Å². The number of carboxylic acids is 1. The van der Waals surface area contributed by atoms with Gasteiger partial charge in [-0.1, -0.05) is 17.7 Å². The van der Waals surface area contributed by atoms with Gasteiger partial charge < -0.3 is 14.3 Å². The molecule has 19 heavy (non-hydrogen) atoms. The van der Waals surface area contributed by atoms with Crippen molar-refractivity contribution in [2.45, 2.75) is 13.5 Å². The van der Waals surface area contributed by atoms with Crippen molar-refractivity contribution in [1.29, 1.82) is 0 Å². The van der Waals surface area contributed by atoms with Crippen molar-refractivity contribution in [3.63, 3.8) is 0 Å². The summed E-state index contributed by atoms with van der Waals surface area (Å²) in [6.07, 6.45) is 0. The lowest BCUT2D eigenvalue weighted by molar-refractivity contribution is 0.0661. The van der Waals surface area contributed by atoms with Crippen LogP contribution in [0.1, 0.15) is 21.9 Å². The average molecular weight is 285 g/mol. The van der Waals surface area contributed by atoms with Gasteiger partial charge in [-0.05, 0) is 25.1 Å². The number of hydrogen-bond acceptors (Lipinski definition) is 3. The Bertz CT molecular complexity index is 601. The lowest BCUT2D eigenvalue weighted by atomic mass is 10.2. The highest BCUT2D eigenvalue weighted by atomic mass is 35.5. The Labute approximate surface area is 113 Å². The predicted molar refractivity (Wildman–Crippen MR) is 66.1 cm³/mol. The van der Waals surface area contributed by atoms with E-state index in [0.29, 0.717) is 11.3 Å². The number of aryl methyl sites for hydroxylation is 1. The second-order valence-electron chi connectivity index (χ2n) is 3.84. The predicted octanol–water partition coefficient (Wildman–Crippen LogP) is 3.66. The molecule has 0 bridgehead atoms. The Hall–Kier alpha value is -2.01. The molecule has 100 valence electrons. The molecule has 0 atom stereocenters. The van der Waals surface area contributed by atoms with Crippen LogP contribution in [0.3, 0.4) is 0 Å². The van der Waals surface area contributed by atoms with Crippen LogP contribution in [0.5, 0.6) is 5.75 Å². The van der Waals surface area contributed by atoms with Gasteiger partial charge in [0.05, 0.1) is 5.02 Å². The first-order valence-electron chi connectivity index (χ1n) is 5.38. The van der Waals surface area contributed by atoms with Crippen LogP contribution in [0.4, 0.5) is 4.39 Å². The maximum absolute atomic E-state index is 13.5. The van der Waals surface area contributed by atoms with Gasteiger partial charge in [0, 0.05) is 5.56 Å². The average Bonchev–Trinajstić information content (AvgIpc) is 2.70. The van der Waals surface area contributed by atoms with E-state index < -0.39 is 11.8 Å².